The number of aliphatic hydroxyl groups is 1. The van der Waals surface area contributed by atoms with E-state index in [-0.39, 0.29) is 25.7 Å². The van der Waals surface area contributed by atoms with E-state index in [2.05, 4.69) is 48.5 Å². The standard InChI is InChI=1S/C74H144O17P2/c1-8-9-10-11-12-34-41-48-55-71(76)84-61-70(91-74(79)58-51-44-37-30-33-40-47-54-67(6)7)64-89-93(82,83)87-60-68(75)59-86-92(80,81)88-63-69(62-85-72(77)56-49-42-35-28-25-21-23-27-32-39-46-53-66(4)5)90-73(78)57-50-43-36-29-24-20-18-16-14-13-15-17-19-22-26-31-38-45-52-65(2)3/h65-70,75H,8-64H2,1-7H3,(H,80,81)(H,82,83)/t68-,69-,70-/m1/s1. The van der Waals surface area contributed by atoms with Crippen molar-refractivity contribution < 1.29 is 80.2 Å². The van der Waals surface area contributed by atoms with Crippen molar-refractivity contribution in [3.05, 3.63) is 0 Å². The predicted octanol–water partition coefficient (Wildman–Crippen LogP) is 21.4. The summed E-state index contributed by atoms with van der Waals surface area (Å²) in [4.78, 5) is 72.6. The summed E-state index contributed by atoms with van der Waals surface area (Å²) in [5.74, 6) is 0.161. The summed E-state index contributed by atoms with van der Waals surface area (Å²) in [7, 11) is -9.90. The Morgan fingerprint density at radius 1 is 0.290 bits per heavy atom. The molecule has 0 aliphatic carbocycles. The van der Waals surface area contributed by atoms with Crippen LogP contribution in [0, 0.1) is 17.8 Å². The molecule has 0 radical (unpaired) electrons. The highest BCUT2D eigenvalue weighted by atomic mass is 31.2. The highest BCUT2D eigenvalue weighted by Gasteiger charge is 2.30. The number of esters is 4. The van der Waals surface area contributed by atoms with Gasteiger partial charge in [0.2, 0.25) is 0 Å². The molecule has 0 rings (SSSR count). The first-order valence-electron chi connectivity index (χ1n) is 38.3. The quantitative estimate of drug-likeness (QED) is 0.0222. The molecule has 5 atom stereocenters. The molecule has 0 heterocycles. The molecule has 3 N–H and O–H groups in total. The van der Waals surface area contributed by atoms with Crippen molar-refractivity contribution in [2.45, 2.75) is 394 Å². The highest BCUT2D eigenvalue weighted by molar-refractivity contribution is 7.47. The van der Waals surface area contributed by atoms with E-state index in [1.807, 2.05) is 0 Å². The molecule has 552 valence electrons. The summed E-state index contributed by atoms with van der Waals surface area (Å²) in [5, 5.41) is 10.6. The maximum absolute atomic E-state index is 13.1. The first-order valence-corrected chi connectivity index (χ1v) is 41.3. The molecule has 0 aromatic carbocycles. The fourth-order valence-corrected chi connectivity index (χ4v) is 12.8. The fourth-order valence-electron chi connectivity index (χ4n) is 11.2. The first-order chi connectivity index (χ1) is 44.7. The van der Waals surface area contributed by atoms with Gasteiger partial charge in [0.25, 0.3) is 0 Å². The number of phosphoric ester groups is 2. The third kappa shape index (κ3) is 68.4. The molecule has 0 spiro atoms. The van der Waals surface area contributed by atoms with E-state index in [1.165, 1.54) is 180 Å². The van der Waals surface area contributed by atoms with Crippen LogP contribution in [0.15, 0.2) is 0 Å². The molecule has 0 saturated carbocycles. The van der Waals surface area contributed by atoms with Gasteiger partial charge in [0.15, 0.2) is 12.2 Å². The zero-order valence-electron chi connectivity index (χ0n) is 60.7. The summed E-state index contributed by atoms with van der Waals surface area (Å²) < 4.78 is 68.3. The van der Waals surface area contributed by atoms with Crippen molar-refractivity contribution in [3.63, 3.8) is 0 Å². The number of rotatable bonds is 72. The van der Waals surface area contributed by atoms with Gasteiger partial charge in [0.1, 0.15) is 19.3 Å². The number of hydrogen-bond donors (Lipinski definition) is 3. The summed E-state index contributed by atoms with van der Waals surface area (Å²) in [6, 6.07) is 0. The Morgan fingerprint density at radius 3 is 0.731 bits per heavy atom. The SMILES string of the molecule is CCCCCCCCCCC(=O)OC[C@H](COP(=O)(O)OC[C@H](O)COP(=O)(O)OC[C@@H](COC(=O)CCCCCCCCCCCCCC(C)C)OC(=O)CCCCCCCCCCCCCCCCCCCCC(C)C)OC(=O)CCCCCCCCCC(C)C. The van der Waals surface area contributed by atoms with Gasteiger partial charge in [-0.1, -0.05) is 325 Å². The number of unbranched alkanes of at least 4 members (excludes halogenated alkanes) is 40. The Hall–Kier alpha value is -1.94. The van der Waals surface area contributed by atoms with E-state index < -0.39 is 97.5 Å². The number of phosphoric acid groups is 2. The molecule has 17 nitrogen and oxygen atoms in total. The predicted molar refractivity (Wildman–Crippen MR) is 377 cm³/mol. The van der Waals surface area contributed by atoms with Crippen LogP contribution < -0.4 is 0 Å². The van der Waals surface area contributed by atoms with E-state index in [1.54, 1.807) is 0 Å². The minimum absolute atomic E-state index is 0.103. The van der Waals surface area contributed by atoms with E-state index in [0.29, 0.717) is 31.6 Å². The molecule has 0 amide bonds. The van der Waals surface area contributed by atoms with Gasteiger partial charge in [0.05, 0.1) is 26.4 Å². The molecular weight excluding hydrogens is 1220 g/mol. The maximum Gasteiger partial charge on any atom is 0.472 e. The average molecular weight is 1370 g/mol. The van der Waals surface area contributed by atoms with Crippen LogP contribution in [0.2, 0.25) is 0 Å². The molecule has 0 saturated heterocycles. The Kier molecular flexibility index (Phi) is 63.4. The van der Waals surface area contributed by atoms with Crippen LogP contribution >= 0.6 is 15.6 Å². The molecule has 19 heteroatoms. The second-order valence-corrected chi connectivity index (χ2v) is 31.0. The zero-order chi connectivity index (χ0) is 68.7. The average Bonchev–Trinajstić information content (AvgIpc) is 2.58. The number of carbonyl (C=O) groups is 4. The lowest BCUT2D eigenvalue weighted by atomic mass is 10.0. The van der Waals surface area contributed by atoms with Crippen LogP contribution in [-0.4, -0.2) is 96.7 Å². The van der Waals surface area contributed by atoms with Gasteiger partial charge in [-0.15, -0.1) is 0 Å². The largest absolute Gasteiger partial charge is 0.472 e. The summed E-state index contributed by atoms with van der Waals surface area (Å²) in [5.41, 5.74) is 0. The van der Waals surface area contributed by atoms with Gasteiger partial charge >= 0.3 is 39.5 Å². The van der Waals surface area contributed by atoms with Crippen molar-refractivity contribution in [1.29, 1.82) is 0 Å². The van der Waals surface area contributed by atoms with E-state index in [0.717, 1.165) is 108 Å². The van der Waals surface area contributed by atoms with E-state index in [9.17, 15) is 43.2 Å². The van der Waals surface area contributed by atoms with Crippen molar-refractivity contribution in [2.75, 3.05) is 39.6 Å². The highest BCUT2D eigenvalue weighted by Crippen LogP contribution is 2.45. The Morgan fingerprint density at radius 2 is 0.495 bits per heavy atom. The van der Waals surface area contributed by atoms with Crippen LogP contribution in [0.1, 0.15) is 376 Å². The molecule has 0 aromatic rings. The molecule has 0 aromatic heterocycles. The lowest BCUT2D eigenvalue weighted by Gasteiger charge is -2.21. The molecule has 93 heavy (non-hydrogen) atoms. The van der Waals surface area contributed by atoms with E-state index >= 15 is 0 Å². The van der Waals surface area contributed by atoms with Crippen molar-refractivity contribution in [1.82, 2.24) is 0 Å². The van der Waals surface area contributed by atoms with Crippen LogP contribution in [0.4, 0.5) is 0 Å². The smallest absolute Gasteiger partial charge is 0.462 e. The molecular formula is C74H144O17P2. The van der Waals surface area contributed by atoms with Gasteiger partial charge in [0, 0.05) is 25.7 Å². The molecule has 0 aliphatic heterocycles. The zero-order valence-corrected chi connectivity index (χ0v) is 62.5. The molecule has 0 fully saturated rings. The Labute approximate surface area is 568 Å². The van der Waals surface area contributed by atoms with Crippen LogP contribution in [0.3, 0.4) is 0 Å². The molecule has 0 bridgehead atoms. The minimum Gasteiger partial charge on any atom is -0.462 e. The van der Waals surface area contributed by atoms with Crippen molar-refractivity contribution >= 4 is 39.5 Å². The molecule has 2 unspecified atom stereocenters. The van der Waals surface area contributed by atoms with Gasteiger partial charge in [-0.25, -0.2) is 9.13 Å². The van der Waals surface area contributed by atoms with Gasteiger partial charge < -0.3 is 33.8 Å². The topological polar surface area (TPSA) is 237 Å². The van der Waals surface area contributed by atoms with Gasteiger partial charge in [-0.3, -0.25) is 37.3 Å². The Bertz CT molecular complexity index is 1820. The van der Waals surface area contributed by atoms with Crippen molar-refractivity contribution in [3.8, 4) is 0 Å². The van der Waals surface area contributed by atoms with Gasteiger partial charge in [-0.2, -0.15) is 0 Å². The fraction of sp³-hybridized carbons (Fsp3) is 0.946. The first kappa shape index (κ1) is 91.1. The normalized spacial score (nSPS) is 14.1. The minimum atomic E-state index is -4.96. The number of ether oxygens (including phenoxy) is 4. The van der Waals surface area contributed by atoms with Crippen LogP contribution in [0.25, 0.3) is 0 Å². The maximum atomic E-state index is 13.1. The molecule has 0 aliphatic rings. The lowest BCUT2D eigenvalue weighted by Crippen LogP contribution is -2.30. The number of carbonyl (C=O) groups excluding carboxylic acids is 4. The summed E-state index contributed by atoms with van der Waals surface area (Å²) in [6.45, 7) is 11.8. The monoisotopic (exact) mass is 1370 g/mol. The summed E-state index contributed by atoms with van der Waals surface area (Å²) in [6.07, 6.45) is 50.2. The second kappa shape index (κ2) is 64.7. The number of hydrogen-bond acceptors (Lipinski definition) is 15. The van der Waals surface area contributed by atoms with Gasteiger partial charge in [-0.05, 0) is 43.4 Å². The third-order valence-electron chi connectivity index (χ3n) is 17.1. The third-order valence-corrected chi connectivity index (χ3v) is 19.0. The Balaban J connectivity index is 5.17. The van der Waals surface area contributed by atoms with E-state index in [4.69, 9.17) is 37.0 Å². The lowest BCUT2D eigenvalue weighted by molar-refractivity contribution is -0.161. The summed E-state index contributed by atoms with van der Waals surface area (Å²) >= 11 is 0. The van der Waals surface area contributed by atoms with Crippen LogP contribution in [0.5, 0.6) is 0 Å². The second-order valence-electron chi connectivity index (χ2n) is 28.1. The van der Waals surface area contributed by atoms with Crippen LogP contribution in [-0.2, 0) is 65.4 Å². The van der Waals surface area contributed by atoms with Crippen molar-refractivity contribution in [2.24, 2.45) is 17.8 Å². The number of aliphatic hydroxyl groups excluding tert-OH is 1.